The standard InChI is InChI=1S/C19H23ClN2O2S/c1-15-5-4-12-22(13-15)14-16-8-10-17(11-9-16)21-25(23,24)19-7-3-2-6-18(19)20/h2-3,6-11,15,21H,4-5,12-14H2,1H3/t15-/m0/s1. The van der Waals surface area contributed by atoms with Gasteiger partial charge in [0, 0.05) is 18.8 Å². The highest BCUT2D eigenvalue weighted by atomic mass is 35.5. The third kappa shape index (κ3) is 4.75. The Morgan fingerprint density at radius 1 is 1.16 bits per heavy atom. The highest BCUT2D eigenvalue weighted by molar-refractivity contribution is 7.92. The number of anilines is 1. The fourth-order valence-corrected chi connectivity index (χ4v) is 4.82. The Balaban J connectivity index is 1.67. The molecule has 134 valence electrons. The molecule has 0 spiro atoms. The number of likely N-dealkylation sites (tertiary alicyclic amines) is 1. The molecule has 0 radical (unpaired) electrons. The van der Waals surface area contributed by atoms with Crippen molar-refractivity contribution < 1.29 is 8.42 Å². The molecule has 1 heterocycles. The van der Waals surface area contributed by atoms with Crippen molar-refractivity contribution >= 4 is 27.3 Å². The van der Waals surface area contributed by atoms with Crippen LogP contribution in [0, 0.1) is 5.92 Å². The van der Waals surface area contributed by atoms with Gasteiger partial charge >= 0.3 is 0 Å². The molecular formula is C19H23ClN2O2S. The molecule has 6 heteroatoms. The van der Waals surface area contributed by atoms with E-state index in [0.29, 0.717) is 5.69 Å². The first-order valence-electron chi connectivity index (χ1n) is 8.53. The van der Waals surface area contributed by atoms with Crippen LogP contribution in [0.25, 0.3) is 0 Å². The van der Waals surface area contributed by atoms with Crippen molar-refractivity contribution in [3.63, 3.8) is 0 Å². The van der Waals surface area contributed by atoms with Crippen molar-refractivity contribution in [3.05, 3.63) is 59.1 Å². The van der Waals surface area contributed by atoms with Crippen LogP contribution in [0.5, 0.6) is 0 Å². The summed E-state index contributed by atoms with van der Waals surface area (Å²) in [7, 11) is -3.68. The lowest BCUT2D eigenvalue weighted by atomic mass is 10.00. The Hall–Kier alpha value is -1.56. The maximum atomic E-state index is 12.5. The zero-order chi connectivity index (χ0) is 17.9. The fourth-order valence-electron chi connectivity index (χ4n) is 3.24. The Labute approximate surface area is 154 Å². The lowest BCUT2D eigenvalue weighted by molar-refractivity contribution is 0.176. The smallest absolute Gasteiger partial charge is 0.263 e. The summed E-state index contributed by atoms with van der Waals surface area (Å²) in [4.78, 5) is 2.54. The summed E-state index contributed by atoms with van der Waals surface area (Å²) in [6, 6.07) is 14.0. The first-order valence-corrected chi connectivity index (χ1v) is 10.4. The summed E-state index contributed by atoms with van der Waals surface area (Å²) in [5.74, 6) is 0.746. The van der Waals surface area contributed by atoms with Gasteiger partial charge < -0.3 is 0 Å². The summed E-state index contributed by atoms with van der Waals surface area (Å²) in [5, 5.41) is 0.214. The van der Waals surface area contributed by atoms with E-state index >= 15 is 0 Å². The second-order valence-electron chi connectivity index (χ2n) is 6.72. The molecule has 0 aliphatic carbocycles. The van der Waals surface area contributed by atoms with Gasteiger partial charge in [-0.2, -0.15) is 0 Å². The van der Waals surface area contributed by atoms with E-state index in [9.17, 15) is 8.42 Å². The van der Waals surface area contributed by atoms with Gasteiger partial charge in [-0.3, -0.25) is 9.62 Å². The molecular weight excluding hydrogens is 356 g/mol. The second-order valence-corrected chi connectivity index (χ2v) is 8.77. The van der Waals surface area contributed by atoms with Crippen LogP contribution in [0.2, 0.25) is 5.02 Å². The summed E-state index contributed by atoms with van der Waals surface area (Å²) < 4.78 is 27.5. The largest absolute Gasteiger partial charge is 0.299 e. The van der Waals surface area contributed by atoms with Gasteiger partial charge in [-0.05, 0) is 55.1 Å². The fraction of sp³-hybridized carbons (Fsp3) is 0.368. The van der Waals surface area contributed by atoms with Crippen LogP contribution in [0.4, 0.5) is 5.69 Å². The van der Waals surface area contributed by atoms with E-state index < -0.39 is 10.0 Å². The highest BCUT2D eigenvalue weighted by Crippen LogP contribution is 2.24. The van der Waals surface area contributed by atoms with E-state index in [2.05, 4.69) is 16.5 Å². The molecule has 1 aliphatic heterocycles. The van der Waals surface area contributed by atoms with Crippen molar-refractivity contribution in [1.29, 1.82) is 0 Å². The Morgan fingerprint density at radius 3 is 2.56 bits per heavy atom. The molecule has 0 aromatic heterocycles. The van der Waals surface area contributed by atoms with Gasteiger partial charge in [-0.1, -0.05) is 42.8 Å². The normalized spacial score (nSPS) is 18.9. The predicted octanol–water partition coefficient (Wildman–Crippen LogP) is 4.37. The molecule has 0 bridgehead atoms. The third-order valence-corrected chi connectivity index (χ3v) is 6.36. The van der Waals surface area contributed by atoms with E-state index in [0.717, 1.165) is 25.6 Å². The SMILES string of the molecule is C[C@H]1CCCN(Cc2ccc(NS(=O)(=O)c3ccccc3Cl)cc2)C1. The van der Waals surface area contributed by atoms with Crippen molar-refractivity contribution in [3.8, 4) is 0 Å². The Morgan fingerprint density at radius 2 is 1.88 bits per heavy atom. The predicted molar refractivity (Wildman–Crippen MR) is 102 cm³/mol. The van der Waals surface area contributed by atoms with Crippen molar-refractivity contribution in [2.45, 2.75) is 31.2 Å². The van der Waals surface area contributed by atoms with Crippen molar-refractivity contribution in [2.24, 2.45) is 5.92 Å². The Bertz CT molecular complexity index is 822. The van der Waals surface area contributed by atoms with Crippen LogP contribution in [-0.2, 0) is 16.6 Å². The van der Waals surface area contributed by atoms with Crippen LogP contribution in [0.3, 0.4) is 0 Å². The van der Waals surface area contributed by atoms with Gasteiger partial charge in [0.15, 0.2) is 0 Å². The molecule has 3 rings (SSSR count). The minimum absolute atomic E-state index is 0.0862. The van der Waals surface area contributed by atoms with E-state index in [1.807, 2.05) is 12.1 Å². The van der Waals surface area contributed by atoms with Gasteiger partial charge in [0.1, 0.15) is 4.90 Å². The number of nitrogens with zero attached hydrogens (tertiary/aromatic N) is 1. The molecule has 0 saturated carbocycles. The first kappa shape index (κ1) is 18.2. The lowest BCUT2D eigenvalue weighted by Crippen LogP contribution is -2.33. The third-order valence-electron chi connectivity index (χ3n) is 4.48. The van der Waals surface area contributed by atoms with E-state index in [1.165, 1.54) is 24.5 Å². The van der Waals surface area contributed by atoms with E-state index in [1.54, 1.807) is 30.3 Å². The summed E-state index contributed by atoms with van der Waals surface area (Å²) in [6.45, 7) is 5.45. The summed E-state index contributed by atoms with van der Waals surface area (Å²) in [6.07, 6.45) is 2.55. The maximum Gasteiger partial charge on any atom is 0.263 e. The Kier molecular flexibility index (Phi) is 5.67. The van der Waals surface area contributed by atoms with Crippen LogP contribution in [0.1, 0.15) is 25.3 Å². The number of rotatable bonds is 5. The quantitative estimate of drug-likeness (QED) is 0.840. The minimum Gasteiger partial charge on any atom is -0.299 e. The number of piperidine rings is 1. The minimum atomic E-state index is -3.68. The van der Waals surface area contributed by atoms with E-state index in [-0.39, 0.29) is 9.92 Å². The van der Waals surface area contributed by atoms with Gasteiger partial charge in [0.25, 0.3) is 10.0 Å². The van der Waals surface area contributed by atoms with Gasteiger partial charge in [-0.25, -0.2) is 8.42 Å². The molecule has 1 aliphatic rings. The molecule has 25 heavy (non-hydrogen) atoms. The number of halogens is 1. The summed E-state index contributed by atoms with van der Waals surface area (Å²) >= 11 is 6.00. The molecule has 1 fully saturated rings. The summed E-state index contributed by atoms with van der Waals surface area (Å²) in [5.41, 5.74) is 1.73. The lowest BCUT2D eigenvalue weighted by Gasteiger charge is -2.30. The van der Waals surface area contributed by atoms with Gasteiger partial charge in [-0.15, -0.1) is 0 Å². The second kappa shape index (κ2) is 7.77. The molecule has 1 saturated heterocycles. The van der Waals surface area contributed by atoms with Crippen LogP contribution in [-0.4, -0.2) is 26.4 Å². The highest BCUT2D eigenvalue weighted by Gasteiger charge is 2.18. The number of sulfonamides is 1. The van der Waals surface area contributed by atoms with E-state index in [4.69, 9.17) is 11.6 Å². The molecule has 4 nitrogen and oxygen atoms in total. The van der Waals surface area contributed by atoms with Crippen LogP contribution in [0.15, 0.2) is 53.4 Å². The van der Waals surface area contributed by atoms with Crippen LogP contribution >= 0.6 is 11.6 Å². The number of benzene rings is 2. The molecule has 2 aromatic rings. The zero-order valence-electron chi connectivity index (χ0n) is 14.3. The van der Waals surface area contributed by atoms with Gasteiger partial charge in [0.05, 0.1) is 5.02 Å². The molecule has 2 aromatic carbocycles. The molecule has 1 N–H and O–H groups in total. The number of hydrogen-bond donors (Lipinski definition) is 1. The van der Waals surface area contributed by atoms with Crippen LogP contribution < -0.4 is 4.72 Å². The topological polar surface area (TPSA) is 49.4 Å². The van der Waals surface area contributed by atoms with Crippen molar-refractivity contribution in [1.82, 2.24) is 4.90 Å². The number of nitrogens with one attached hydrogen (secondary N) is 1. The van der Waals surface area contributed by atoms with Crippen molar-refractivity contribution in [2.75, 3.05) is 17.8 Å². The monoisotopic (exact) mass is 378 g/mol. The molecule has 1 atom stereocenters. The average molecular weight is 379 g/mol. The zero-order valence-corrected chi connectivity index (χ0v) is 15.9. The average Bonchev–Trinajstić information content (AvgIpc) is 2.57. The molecule has 0 unspecified atom stereocenters. The maximum absolute atomic E-state index is 12.5. The molecule has 0 amide bonds. The number of hydrogen-bond acceptors (Lipinski definition) is 3. The van der Waals surface area contributed by atoms with Gasteiger partial charge in [0.2, 0.25) is 0 Å². The first-order chi connectivity index (χ1) is 11.9.